The molecular weight excluding hydrogens is 637 g/mol. The molecule has 46 heavy (non-hydrogen) atoms. The molecule has 5 rings (SSSR count). The molecule has 6 nitrogen and oxygen atoms in total. The minimum Gasteiger partial charge on any atom is -0.325 e. The number of aryl methyl sites for hydroxylation is 1. The van der Waals surface area contributed by atoms with Crippen LogP contribution in [-0.4, -0.2) is 17.7 Å². The summed E-state index contributed by atoms with van der Waals surface area (Å²) >= 11 is 14.1. The van der Waals surface area contributed by atoms with Crippen LogP contribution in [-0.2, 0) is 9.59 Å². The van der Waals surface area contributed by atoms with Crippen molar-refractivity contribution in [2.24, 2.45) is 0 Å². The quantitative estimate of drug-likeness (QED) is 0.103. The van der Waals surface area contributed by atoms with Gasteiger partial charge >= 0.3 is 0 Å². The summed E-state index contributed by atoms with van der Waals surface area (Å²) in [6, 6.07) is 37.8. The van der Waals surface area contributed by atoms with E-state index in [4.69, 9.17) is 23.2 Å². The molecule has 5 aromatic rings. The van der Waals surface area contributed by atoms with Crippen molar-refractivity contribution in [2.75, 3.05) is 10.6 Å². The van der Waals surface area contributed by atoms with E-state index in [1.54, 1.807) is 66.7 Å². The first kappa shape index (κ1) is 32.6. The van der Waals surface area contributed by atoms with Crippen LogP contribution < -0.4 is 16.0 Å². The third-order valence-electron chi connectivity index (χ3n) is 6.82. The molecule has 1 atom stereocenters. The molecule has 9 heteroatoms. The number of halogens is 2. The van der Waals surface area contributed by atoms with E-state index in [9.17, 15) is 14.4 Å². The number of hydrogen-bond donors (Lipinski definition) is 3. The summed E-state index contributed by atoms with van der Waals surface area (Å²) in [5.41, 5.74) is 3.80. The van der Waals surface area contributed by atoms with E-state index >= 15 is 0 Å². The van der Waals surface area contributed by atoms with Crippen molar-refractivity contribution < 1.29 is 14.4 Å². The molecule has 0 aliphatic heterocycles. The fourth-order valence-corrected chi connectivity index (χ4v) is 6.05. The van der Waals surface area contributed by atoms with Crippen LogP contribution in [0.2, 0.25) is 10.0 Å². The molecule has 0 saturated carbocycles. The van der Waals surface area contributed by atoms with Crippen molar-refractivity contribution in [3.8, 4) is 0 Å². The Balaban J connectivity index is 1.39. The number of benzene rings is 5. The van der Waals surface area contributed by atoms with E-state index in [0.717, 1.165) is 16.0 Å². The summed E-state index contributed by atoms with van der Waals surface area (Å²) in [5.74, 6) is -1.24. The molecule has 0 aliphatic rings. The molecular formula is C37H29Cl2N3O3S. The molecule has 5 aromatic carbocycles. The third-order valence-corrected chi connectivity index (χ3v) is 8.73. The summed E-state index contributed by atoms with van der Waals surface area (Å²) < 4.78 is 0. The summed E-state index contributed by atoms with van der Waals surface area (Å²) in [5, 5.41) is 8.65. The average molecular weight is 667 g/mol. The number of rotatable bonds is 10. The molecule has 0 spiro atoms. The zero-order chi connectivity index (χ0) is 32.5. The van der Waals surface area contributed by atoms with Gasteiger partial charge in [-0.25, -0.2) is 0 Å². The second kappa shape index (κ2) is 15.5. The van der Waals surface area contributed by atoms with Crippen LogP contribution in [0.25, 0.3) is 6.08 Å². The SMILES string of the molecule is Cc1ccc(NC(=O)C(Sc2cccc(NC(=O)/C(=C\c3c(Cl)cccc3Cl)NC(=O)c3ccccc3)c2)c2ccccc2)cc1. The summed E-state index contributed by atoms with van der Waals surface area (Å²) in [7, 11) is 0. The third kappa shape index (κ3) is 8.67. The van der Waals surface area contributed by atoms with Gasteiger partial charge in [-0.15, -0.1) is 11.8 Å². The fourth-order valence-electron chi connectivity index (χ4n) is 4.46. The van der Waals surface area contributed by atoms with Crippen LogP contribution >= 0.6 is 35.0 Å². The molecule has 0 saturated heterocycles. The minimum atomic E-state index is -0.584. The van der Waals surface area contributed by atoms with Gasteiger partial charge in [-0.05, 0) is 73.2 Å². The lowest BCUT2D eigenvalue weighted by Gasteiger charge is -2.18. The second-order valence-corrected chi connectivity index (χ2v) is 12.3. The van der Waals surface area contributed by atoms with Crippen molar-refractivity contribution in [3.05, 3.63) is 165 Å². The Morgan fingerprint density at radius 2 is 1.33 bits per heavy atom. The maximum absolute atomic E-state index is 13.6. The van der Waals surface area contributed by atoms with Gasteiger partial charge in [0.05, 0.1) is 0 Å². The van der Waals surface area contributed by atoms with Gasteiger partial charge in [0, 0.05) is 37.4 Å². The number of hydrogen-bond acceptors (Lipinski definition) is 4. The Labute approximate surface area is 281 Å². The van der Waals surface area contributed by atoms with Gasteiger partial charge in [0.25, 0.3) is 11.8 Å². The number of anilines is 2. The van der Waals surface area contributed by atoms with Gasteiger partial charge in [-0.2, -0.15) is 0 Å². The summed E-state index contributed by atoms with van der Waals surface area (Å²) in [4.78, 5) is 41.0. The molecule has 0 aromatic heterocycles. The van der Waals surface area contributed by atoms with Crippen LogP contribution in [0.5, 0.6) is 0 Å². The fraction of sp³-hybridized carbons (Fsp3) is 0.0541. The first-order valence-corrected chi connectivity index (χ1v) is 15.9. The maximum atomic E-state index is 13.6. The smallest absolute Gasteiger partial charge is 0.272 e. The number of carbonyl (C=O) groups excluding carboxylic acids is 3. The maximum Gasteiger partial charge on any atom is 0.272 e. The highest BCUT2D eigenvalue weighted by Gasteiger charge is 2.23. The van der Waals surface area contributed by atoms with Crippen LogP contribution in [0, 0.1) is 6.92 Å². The molecule has 0 radical (unpaired) electrons. The Bertz CT molecular complexity index is 1860. The van der Waals surface area contributed by atoms with Crippen molar-refractivity contribution in [1.29, 1.82) is 0 Å². The Morgan fingerprint density at radius 1 is 0.696 bits per heavy atom. The van der Waals surface area contributed by atoms with Crippen LogP contribution in [0.4, 0.5) is 11.4 Å². The van der Waals surface area contributed by atoms with Gasteiger partial charge < -0.3 is 16.0 Å². The zero-order valence-electron chi connectivity index (χ0n) is 24.7. The van der Waals surface area contributed by atoms with Crippen LogP contribution in [0.1, 0.15) is 32.3 Å². The van der Waals surface area contributed by atoms with Gasteiger partial charge in [-0.3, -0.25) is 14.4 Å². The van der Waals surface area contributed by atoms with E-state index in [2.05, 4.69) is 16.0 Å². The van der Waals surface area contributed by atoms with E-state index in [1.807, 2.05) is 67.6 Å². The predicted molar refractivity (Wildman–Crippen MR) is 188 cm³/mol. The minimum absolute atomic E-state index is 0.0541. The van der Waals surface area contributed by atoms with E-state index < -0.39 is 17.1 Å². The normalized spacial score (nSPS) is 11.8. The highest BCUT2D eigenvalue weighted by Crippen LogP contribution is 2.37. The Morgan fingerprint density at radius 3 is 2.00 bits per heavy atom. The highest BCUT2D eigenvalue weighted by molar-refractivity contribution is 8.00. The van der Waals surface area contributed by atoms with Crippen molar-refractivity contribution in [3.63, 3.8) is 0 Å². The zero-order valence-corrected chi connectivity index (χ0v) is 27.0. The topological polar surface area (TPSA) is 87.3 Å². The highest BCUT2D eigenvalue weighted by atomic mass is 35.5. The Hall–Kier alpha value is -4.82. The van der Waals surface area contributed by atoms with Crippen LogP contribution in [0.3, 0.4) is 0 Å². The van der Waals surface area contributed by atoms with Gasteiger partial charge in [0.2, 0.25) is 5.91 Å². The molecule has 3 N–H and O–H groups in total. The largest absolute Gasteiger partial charge is 0.325 e. The molecule has 3 amide bonds. The molecule has 0 heterocycles. The number of carbonyl (C=O) groups is 3. The first-order valence-electron chi connectivity index (χ1n) is 14.3. The van der Waals surface area contributed by atoms with Crippen LogP contribution in [0.15, 0.2) is 138 Å². The lowest BCUT2D eigenvalue weighted by molar-refractivity contribution is -0.116. The average Bonchev–Trinajstić information content (AvgIpc) is 3.06. The monoisotopic (exact) mass is 665 g/mol. The second-order valence-electron chi connectivity index (χ2n) is 10.3. The predicted octanol–water partition coefficient (Wildman–Crippen LogP) is 9.18. The number of thioether (sulfide) groups is 1. The Kier molecular flexibility index (Phi) is 10.9. The first-order chi connectivity index (χ1) is 22.3. The van der Waals surface area contributed by atoms with E-state index in [0.29, 0.717) is 32.5 Å². The van der Waals surface area contributed by atoms with Crippen molar-refractivity contribution in [2.45, 2.75) is 17.1 Å². The lowest BCUT2D eigenvalue weighted by atomic mass is 10.1. The van der Waals surface area contributed by atoms with Gasteiger partial charge in [-0.1, -0.05) is 102 Å². The molecule has 0 bridgehead atoms. The molecule has 1 unspecified atom stereocenters. The molecule has 0 aliphatic carbocycles. The standard InChI is InChI=1S/C37H29Cl2N3O3S/c1-24-18-20-27(21-19-24)40-37(45)34(25-10-4-2-5-11-25)46-29-15-8-14-28(22-29)41-36(44)33(23-30-31(38)16-9-17-32(30)39)42-35(43)26-12-6-3-7-13-26/h2-23,34H,1H3,(H,40,45)(H,41,44)(H,42,43)/b33-23+. The van der Waals surface area contributed by atoms with Gasteiger partial charge in [0.1, 0.15) is 10.9 Å². The van der Waals surface area contributed by atoms with E-state index in [-0.39, 0.29) is 11.6 Å². The number of nitrogens with one attached hydrogen (secondary N) is 3. The van der Waals surface area contributed by atoms with Crippen molar-refractivity contribution in [1.82, 2.24) is 5.32 Å². The van der Waals surface area contributed by atoms with Crippen molar-refractivity contribution >= 4 is 70.1 Å². The van der Waals surface area contributed by atoms with E-state index in [1.165, 1.54) is 17.8 Å². The number of amides is 3. The molecule has 0 fully saturated rings. The molecule has 230 valence electrons. The summed E-state index contributed by atoms with van der Waals surface area (Å²) in [6.07, 6.45) is 1.44. The summed E-state index contributed by atoms with van der Waals surface area (Å²) in [6.45, 7) is 1.99. The lowest BCUT2D eigenvalue weighted by Crippen LogP contribution is -2.30. The van der Waals surface area contributed by atoms with Gasteiger partial charge in [0.15, 0.2) is 0 Å².